The minimum atomic E-state index is -0.354. The van der Waals surface area contributed by atoms with Crippen LogP contribution >= 0.6 is 0 Å². The van der Waals surface area contributed by atoms with Crippen molar-refractivity contribution in [3.8, 4) is 0 Å². The Morgan fingerprint density at radius 3 is 2.46 bits per heavy atom. The Bertz CT molecular complexity index is 147. The number of carbonyl (C=O) groups is 1. The Labute approximate surface area is 79.7 Å². The molecular weight excluding hydrogens is 168 g/mol. The molecule has 4 nitrogen and oxygen atoms in total. The maximum atomic E-state index is 11.1. The highest BCUT2D eigenvalue weighted by molar-refractivity contribution is 5.76. The van der Waals surface area contributed by atoms with E-state index in [1.165, 1.54) is 0 Å². The van der Waals surface area contributed by atoms with Gasteiger partial charge in [-0.3, -0.25) is 4.79 Å². The predicted octanol–water partition coefficient (Wildman–Crippen LogP) is -0.128. The molecule has 0 spiro atoms. The van der Waals surface area contributed by atoms with Crippen molar-refractivity contribution in [2.75, 3.05) is 13.1 Å². The molecule has 0 rings (SSSR count). The molecule has 0 aromatic carbocycles. The summed E-state index contributed by atoms with van der Waals surface area (Å²) in [6, 6.07) is 0.198. The van der Waals surface area contributed by atoms with Gasteiger partial charge in [-0.1, -0.05) is 0 Å². The van der Waals surface area contributed by atoms with Crippen LogP contribution in [0.1, 0.15) is 27.2 Å². The van der Waals surface area contributed by atoms with Crippen LogP contribution in [-0.2, 0) is 4.79 Å². The van der Waals surface area contributed by atoms with Crippen molar-refractivity contribution in [2.24, 2.45) is 0 Å². The minimum absolute atomic E-state index is 0.0492. The lowest BCUT2D eigenvalue weighted by molar-refractivity contribution is -0.121. The Morgan fingerprint density at radius 2 is 2.00 bits per heavy atom. The van der Waals surface area contributed by atoms with Crippen molar-refractivity contribution in [2.45, 2.75) is 39.3 Å². The van der Waals surface area contributed by atoms with Gasteiger partial charge in [0.2, 0.25) is 5.91 Å². The molecule has 0 bridgehead atoms. The van der Waals surface area contributed by atoms with Gasteiger partial charge in [0.25, 0.3) is 0 Å². The molecule has 0 unspecified atom stereocenters. The Kier molecular flexibility index (Phi) is 6.54. The van der Waals surface area contributed by atoms with Gasteiger partial charge >= 0.3 is 0 Å². The first-order valence-electron chi connectivity index (χ1n) is 4.70. The van der Waals surface area contributed by atoms with Gasteiger partial charge in [0.15, 0.2) is 0 Å². The summed E-state index contributed by atoms with van der Waals surface area (Å²) in [5.41, 5.74) is 0. The van der Waals surface area contributed by atoms with Crippen LogP contribution in [0.15, 0.2) is 0 Å². The fourth-order valence-corrected chi connectivity index (χ4v) is 0.907. The number of amides is 1. The van der Waals surface area contributed by atoms with E-state index in [1.54, 1.807) is 6.92 Å². The van der Waals surface area contributed by atoms with Gasteiger partial charge in [-0.2, -0.15) is 0 Å². The second-order valence-electron chi connectivity index (χ2n) is 3.53. The van der Waals surface area contributed by atoms with Gasteiger partial charge in [0, 0.05) is 25.6 Å². The highest BCUT2D eigenvalue weighted by atomic mass is 16.3. The molecule has 0 aliphatic carbocycles. The number of hydrogen-bond donors (Lipinski definition) is 3. The standard InChI is InChI=1S/C9H20N2O2/c1-7(2)11-9(13)4-5-10-6-8(3)12/h7-8,10,12H,4-6H2,1-3H3,(H,11,13)/t8-/m0/s1. The number of aliphatic hydroxyl groups excluding tert-OH is 1. The van der Waals surface area contributed by atoms with Gasteiger partial charge in [0.05, 0.1) is 6.10 Å². The van der Waals surface area contributed by atoms with Crippen molar-refractivity contribution < 1.29 is 9.90 Å². The van der Waals surface area contributed by atoms with Crippen molar-refractivity contribution in [3.63, 3.8) is 0 Å². The van der Waals surface area contributed by atoms with E-state index in [0.717, 1.165) is 0 Å². The number of carbonyl (C=O) groups excluding carboxylic acids is 1. The molecule has 0 heterocycles. The number of hydrogen-bond acceptors (Lipinski definition) is 3. The maximum Gasteiger partial charge on any atom is 0.221 e. The van der Waals surface area contributed by atoms with Crippen LogP contribution in [0.2, 0.25) is 0 Å². The lowest BCUT2D eigenvalue weighted by Gasteiger charge is -2.09. The van der Waals surface area contributed by atoms with Gasteiger partial charge in [-0.05, 0) is 20.8 Å². The smallest absolute Gasteiger partial charge is 0.221 e. The number of nitrogens with one attached hydrogen (secondary N) is 2. The van der Waals surface area contributed by atoms with Crippen LogP contribution in [0.3, 0.4) is 0 Å². The van der Waals surface area contributed by atoms with E-state index in [1.807, 2.05) is 13.8 Å². The van der Waals surface area contributed by atoms with Crippen molar-refractivity contribution in [1.82, 2.24) is 10.6 Å². The van der Waals surface area contributed by atoms with Crippen LogP contribution < -0.4 is 10.6 Å². The summed E-state index contributed by atoms with van der Waals surface area (Å²) in [4.78, 5) is 11.1. The van der Waals surface area contributed by atoms with Crippen LogP contribution in [-0.4, -0.2) is 36.2 Å². The summed E-state index contributed by atoms with van der Waals surface area (Å²) >= 11 is 0. The Balaban J connectivity index is 3.27. The highest BCUT2D eigenvalue weighted by Gasteiger charge is 2.02. The van der Waals surface area contributed by atoms with Gasteiger partial charge in [0.1, 0.15) is 0 Å². The molecule has 0 aliphatic rings. The second kappa shape index (κ2) is 6.86. The summed E-state index contributed by atoms with van der Waals surface area (Å²) in [5.74, 6) is 0.0492. The highest BCUT2D eigenvalue weighted by Crippen LogP contribution is 1.82. The summed E-state index contributed by atoms with van der Waals surface area (Å²) in [5, 5.41) is 14.7. The molecule has 1 amide bonds. The fourth-order valence-electron chi connectivity index (χ4n) is 0.907. The molecule has 3 N–H and O–H groups in total. The van der Waals surface area contributed by atoms with E-state index < -0.39 is 0 Å². The average Bonchev–Trinajstić information content (AvgIpc) is 1.96. The molecule has 13 heavy (non-hydrogen) atoms. The fraction of sp³-hybridized carbons (Fsp3) is 0.889. The zero-order chi connectivity index (χ0) is 10.3. The SMILES string of the molecule is CC(C)NC(=O)CCNC[C@H](C)O. The van der Waals surface area contributed by atoms with E-state index >= 15 is 0 Å². The zero-order valence-electron chi connectivity index (χ0n) is 8.63. The second-order valence-corrected chi connectivity index (χ2v) is 3.53. The van der Waals surface area contributed by atoms with Crippen molar-refractivity contribution >= 4 is 5.91 Å². The summed E-state index contributed by atoms with van der Waals surface area (Å²) in [7, 11) is 0. The molecule has 0 aliphatic heterocycles. The molecule has 0 saturated heterocycles. The molecule has 4 heteroatoms. The summed E-state index contributed by atoms with van der Waals surface area (Å²) in [6.45, 7) is 6.72. The topological polar surface area (TPSA) is 61.4 Å². The average molecular weight is 188 g/mol. The molecule has 0 fully saturated rings. The van der Waals surface area contributed by atoms with Crippen LogP contribution in [0, 0.1) is 0 Å². The third-order valence-corrected chi connectivity index (χ3v) is 1.42. The molecule has 0 saturated carbocycles. The number of aliphatic hydroxyl groups is 1. The molecule has 1 atom stereocenters. The third kappa shape index (κ3) is 9.30. The van der Waals surface area contributed by atoms with E-state index in [-0.39, 0.29) is 18.1 Å². The van der Waals surface area contributed by atoms with Gasteiger partial charge in [-0.15, -0.1) is 0 Å². The van der Waals surface area contributed by atoms with E-state index in [2.05, 4.69) is 10.6 Å². The normalized spacial score (nSPS) is 13.0. The van der Waals surface area contributed by atoms with Crippen LogP contribution in [0.4, 0.5) is 0 Å². The monoisotopic (exact) mass is 188 g/mol. The molecule has 0 aromatic rings. The molecule has 0 radical (unpaired) electrons. The predicted molar refractivity (Wildman–Crippen MR) is 52.4 cm³/mol. The Hall–Kier alpha value is -0.610. The van der Waals surface area contributed by atoms with Crippen molar-refractivity contribution in [3.05, 3.63) is 0 Å². The summed E-state index contributed by atoms with van der Waals surface area (Å²) < 4.78 is 0. The lowest BCUT2D eigenvalue weighted by atomic mass is 10.3. The van der Waals surface area contributed by atoms with E-state index in [4.69, 9.17) is 5.11 Å². The molecular formula is C9H20N2O2. The Morgan fingerprint density at radius 1 is 1.38 bits per heavy atom. The molecule has 0 aromatic heterocycles. The summed E-state index contributed by atoms with van der Waals surface area (Å²) in [6.07, 6.45) is 0.110. The first-order chi connectivity index (χ1) is 6.02. The van der Waals surface area contributed by atoms with Crippen LogP contribution in [0.25, 0.3) is 0 Å². The third-order valence-electron chi connectivity index (χ3n) is 1.42. The molecule has 78 valence electrons. The van der Waals surface area contributed by atoms with Gasteiger partial charge in [-0.25, -0.2) is 0 Å². The van der Waals surface area contributed by atoms with Crippen molar-refractivity contribution in [1.29, 1.82) is 0 Å². The maximum absolute atomic E-state index is 11.1. The largest absolute Gasteiger partial charge is 0.392 e. The van der Waals surface area contributed by atoms with Gasteiger partial charge < -0.3 is 15.7 Å². The zero-order valence-corrected chi connectivity index (χ0v) is 8.63. The lowest BCUT2D eigenvalue weighted by Crippen LogP contribution is -2.34. The first kappa shape index (κ1) is 12.4. The number of rotatable bonds is 6. The van der Waals surface area contributed by atoms with E-state index in [9.17, 15) is 4.79 Å². The van der Waals surface area contributed by atoms with E-state index in [0.29, 0.717) is 19.5 Å². The van der Waals surface area contributed by atoms with Crippen LogP contribution in [0.5, 0.6) is 0 Å². The first-order valence-corrected chi connectivity index (χ1v) is 4.70. The minimum Gasteiger partial charge on any atom is -0.392 e. The quantitative estimate of drug-likeness (QED) is 0.509.